The molecule has 0 spiro atoms. The van der Waals surface area contributed by atoms with Crippen LogP contribution in [0, 0.1) is 0 Å². The van der Waals surface area contributed by atoms with Gasteiger partial charge in [0.1, 0.15) is 5.75 Å². The van der Waals surface area contributed by atoms with Gasteiger partial charge in [-0.25, -0.2) is 4.99 Å². The van der Waals surface area contributed by atoms with E-state index in [1.165, 1.54) is 15.3 Å². The predicted molar refractivity (Wildman–Crippen MR) is 115 cm³/mol. The van der Waals surface area contributed by atoms with Gasteiger partial charge in [-0.2, -0.15) is 0 Å². The molecule has 0 aliphatic carbocycles. The largest absolute Gasteiger partial charge is 0.497 e. The second kappa shape index (κ2) is 11.1. The number of halogens is 1. The van der Waals surface area contributed by atoms with E-state index in [1.807, 2.05) is 18.2 Å². The lowest BCUT2D eigenvalue weighted by atomic mass is 10.2. The minimum absolute atomic E-state index is 0. The van der Waals surface area contributed by atoms with E-state index in [1.54, 1.807) is 18.4 Å². The van der Waals surface area contributed by atoms with Gasteiger partial charge in [-0.3, -0.25) is 0 Å². The van der Waals surface area contributed by atoms with Crippen molar-refractivity contribution in [1.82, 2.24) is 10.6 Å². The molecule has 4 nitrogen and oxygen atoms in total. The van der Waals surface area contributed by atoms with Crippen LogP contribution in [-0.2, 0) is 6.54 Å². The maximum absolute atomic E-state index is 5.20. The number of aliphatic imine (C=N–C) groups is 1. The molecule has 0 unspecified atom stereocenters. The van der Waals surface area contributed by atoms with E-state index in [-0.39, 0.29) is 24.0 Å². The van der Waals surface area contributed by atoms with Crippen molar-refractivity contribution in [2.45, 2.75) is 13.5 Å². The van der Waals surface area contributed by atoms with Crippen LogP contribution < -0.4 is 15.4 Å². The summed E-state index contributed by atoms with van der Waals surface area (Å²) in [4.78, 5) is 7.06. The van der Waals surface area contributed by atoms with Gasteiger partial charge in [0, 0.05) is 22.8 Å². The fourth-order valence-electron chi connectivity index (χ4n) is 2.04. The molecule has 0 aliphatic heterocycles. The quantitative estimate of drug-likeness (QED) is 0.282. The first-order valence-corrected chi connectivity index (χ1v) is 8.44. The zero-order valence-corrected chi connectivity index (χ0v) is 17.2. The summed E-state index contributed by atoms with van der Waals surface area (Å²) in [6.45, 7) is 7.96. The number of thiophene rings is 1. The molecular formula is C18H24IN3OS. The molecule has 0 radical (unpaired) electrons. The summed E-state index contributed by atoms with van der Waals surface area (Å²) in [6.07, 6.45) is 1.82. The molecule has 0 saturated carbocycles. The van der Waals surface area contributed by atoms with Gasteiger partial charge in [-0.1, -0.05) is 6.08 Å². The van der Waals surface area contributed by atoms with Crippen LogP contribution >= 0.6 is 35.3 Å². The number of hydrogen-bond acceptors (Lipinski definition) is 3. The van der Waals surface area contributed by atoms with Crippen LogP contribution in [0.2, 0.25) is 0 Å². The number of ether oxygens (including phenoxy) is 1. The van der Waals surface area contributed by atoms with Gasteiger partial charge in [-0.15, -0.1) is 41.9 Å². The zero-order chi connectivity index (χ0) is 16.5. The average Bonchev–Trinajstić information content (AvgIpc) is 3.06. The Labute approximate surface area is 165 Å². The standard InChI is InChI=1S/C18H23N3OS.HI/c1-4-12-20-18(19-5-2)21-13-16-10-11-17(23-16)14-6-8-15(22-3)9-7-14;/h4,6-11H,1,5,12-13H2,2-3H3,(H2,19,20,21);1H. The van der Waals surface area contributed by atoms with E-state index >= 15 is 0 Å². The number of guanidine groups is 1. The van der Waals surface area contributed by atoms with Crippen LogP contribution in [0.25, 0.3) is 10.4 Å². The lowest BCUT2D eigenvalue weighted by Crippen LogP contribution is -2.37. The predicted octanol–water partition coefficient (Wildman–Crippen LogP) is 4.28. The summed E-state index contributed by atoms with van der Waals surface area (Å²) in [5, 5.41) is 6.42. The molecule has 6 heteroatoms. The summed E-state index contributed by atoms with van der Waals surface area (Å²) in [7, 11) is 1.68. The van der Waals surface area contributed by atoms with E-state index in [2.05, 4.69) is 53.4 Å². The molecule has 24 heavy (non-hydrogen) atoms. The molecule has 130 valence electrons. The second-order valence-electron chi connectivity index (χ2n) is 4.86. The summed E-state index contributed by atoms with van der Waals surface area (Å²) < 4.78 is 5.20. The molecular weight excluding hydrogens is 433 g/mol. The number of benzene rings is 1. The third-order valence-corrected chi connectivity index (χ3v) is 4.31. The Bertz CT molecular complexity index is 653. The van der Waals surface area contributed by atoms with Crippen LogP contribution in [-0.4, -0.2) is 26.2 Å². The SMILES string of the molecule is C=CCNC(=NCc1ccc(-c2ccc(OC)cc2)s1)NCC.I. The molecule has 0 fully saturated rings. The number of rotatable bonds is 7. The van der Waals surface area contributed by atoms with E-state index in [4.69, 9.17) is 4.74 Å². The molecule has 0 saturated heterocycles. The zero-order valence-electron chi connectivity index (χ0n) is 14.0. The minimum Gasteiger partial charge on any atom is -0.497 e. The number of nitrogens with one attached hydrogen (secondary N) is 2. The van der Waals surface area contributed by atoms with Crippen LogP contribution in [0.3, 0.4) is 0 Å². The Hall–Kier alpha value is -1.54. The van der Waals surface area contributed by atoms with Gasteiger partial charge in [0.05, 0.1) is 13.7 Å². The van der Waals surface area contributed by atoms with E-state index in [0.717, 1.165) is 18.3 Å². The summed E-state index contributed by atoms with van der Waals surface area (Å²) in [5.74, 6) is 1.69. The highest BCUT2D eigenvalue weighted by atomic mass is 127. The fraction of sp³-hybridized carbons (Fsp3) is 0.278. The average molecular weight is 457 g/mol. The molecule has 1 heterocycles. The highest BCUT2D eigenvalue weighted by Gasteiger charge is 2.04. The van der Waals surface area contributed by atoms with Gasteiger partial charge in [0.15, 0.2) is 5.96 Å². The first-order valence-electron chi connectivity index (χ1n) is 7.63. The Balaban J connectivity index is 0.00000288. The molecule has 0 amide bonds. The van der Waals surface area contributed by atoms with Crippen molar-refractivity contribution >= 4 is 41.3 Å². The Morgan fingerprint density at radius 2 is 1.96 bits per heavy atom. The first kappa shape index (κ1) is 20.5. The second-order valence-corrected chi connectivity index (χ2v) is 6.03. The van der Waals surface area contributed by atoms with Crippen LogP contribution in [0.4, 0.5) is 0 Å². The third-order valence-electron chi connectivity index (χ3n) is 3.19. The van der Waals surface area contributed by atoms with Gasteiger partial charge in [0.25, 0.3) is 0 Å². The number of methoxy groups -OCH3 is 1. The Morgan fingerprint density at radius 3 is 2.58 bits per heavy atom. The number of hydrogen-bond donors (Lipinski definition) is 2. The van der Waals surface area contributed by atoms with Crippen molar-refractivity contribution < 1.29 is 4.74 Å². The first-order chi connectivity index (χ1) is 11.3. The maximum atomic E-state index is 5.20. The van der Waals surface area contributed by atoms with Crippen molar-refractivity contribution in [2.24, 2.45) is 4.99 Å². The number of nitrogens with zero attached hydrogens (tertiary/aromatic N) is 1. The Kier molecular flexibility index (Phi) is 9.48. The van der Waals surface area contributed by atoms with Gasteiger partial charge < -0.3 is 15.4 Å². The van der Waals surface area contributed by atoms with Crippen molar-refractivity contribution in [3.63, 3.8) is 0 Å². The highest BCUT2D eigenvalue weighted by molar-refractivity contribution is 14.0. The van der Waals surface area contributed by atoms with Crippen LogP contribution in [0.15, 0.2) is 54.0 Å². The molecule has 1 aromatic heterocycles. The fourth-order valence-corrected chi connectivity index (χ4v) is 2.98. The highest BCUT2D eigenvalue weighted by Crippen LogP contribution is 2.29. The van der Waals surface area contributed by atoms with Gasteiger partial charge in [0.2, 0.25) is 0 Å². The molecule has 0 aliphatic rings. The molecule has 2 N–H and O–H groups in total. The summed E-state index contributed by atoms with van der Waals surface area (Å²) in [6, 6.07) is 12.4. The van der Waals surface area contributed by atoms with Gasteiger partial charge in [-0.05, 0) is 48.9 Å². The molecule has 0 atom stereocenters. The molecule has 1 aromatic carbocycles. The van der Waals surface area contributed by atoms with E-state index in [0.29, 0.717) is 13.1 Å². The molecule has 0 bridgehead atoms. The van der Waals surface area contributed by atoms with Crippen LogP contribution in [0.1, 0.15) is 11.8 Å². The summed E-state index contributed by atoms with van der Waals surface area (Å²) >= 11 is 1.76. The topological polar surface area (TPSA) is 45.7 Å². The van der Waals surface area contributed by atoms with E-state index in [9.17, 15) is 0 Å². The summed E-state index contributed by atoms with van der Waals surface area (Å²) in [5.41, 5.74) is 1.20. The lowest BCUT2D eigenvalue weighted by Gasteiger charge is -2.08. The van der Waals surface area contributed by atoms with Gasteiger partial charge >= 0.3 is 0 Å². The van der Waals surface area contributed by atoms with Crippen molar-refractivity contribution in [2.75, 3.05) is 20.2 Å². The van der Waals surface area contributed by atoms with Crippen molar-refractivity contribution in [1.29, 1.82) is 0 Å². The Morgan fingerprint density at radius 1 is 1.21 bits per heavy atom. The maximum Gasteiger partial charge on any atom is 0.191 e. The lowest BCUT2D eigenvalue weighted by molar-refractivity contribution is 0.415. The molecule has 2 aromatic rings. The van der Waals surface area contributed by atoms with Crippen molar-refractivity contribution in [3.05, 3.63) is 53.9 Å². The van der Waals surface area contributed by atoms with Crippen LogP contribution in [0.5, 0.6) is 5.75 Å². The smallest absolute Gasteiger partial charge is 0.191 e. The third kappa shape index (κ3) is 6.16. The minimum atomic E-state index is 0. The van der Waals surface area contributed by atoms with E-state index < -0.39 is 0 Å². The monoisotopic (exact) mass is 457 g/mol. The normalized spacial score (nSPS) is 10.7. The van der Waals surface area contributed by atoms with Crippen molar-refractivity contribution in [3.8, 4) is 16.2 Å². The molecule has 2 rings (SSSR count).